The monoisotopic (exact) mass is 505 g/mol. The van der Waals surface area contributed by atoms with Crippen LogP contribution in [0.25, 0.3) is 0 Å². The van der Waals surface area contributed by atoms with Crippen LogP contribution < -0.4 is 10.6 Å². The molecule has 2 rings (SSSR count). The minimum Gasteiger partial charge on any atom is -0.357 e. The summed E-state index contributed by atoms with van der Waals surface area (Å²) in [6.07, 6.45) is 0.997. The van der Waals surface area contributed by atoms with E-state index in [1.807, 2.05) is 30.8 Å². The minimum atomic E-state index is -0.193. The highest BCUT2D eigenvalue weighted by Crippen LogP contribution is 2.18. The lowest BCUT2D eigenvalue weighted by molar-refractivity contribution is 0.626. The van der Waals surface area contributed by atoms with Crippen LogP contribution in [0.3, 0.4) is 0 Å². The van der Waals surface area contributed by atoms with Gasteiger partial charge in [-0.15, -0.1) is 35.7 Å². The van der Waals surface area contributed by atoms with Gasteiger partial charge in [0.2, 0.25) is 0 Å². The van der Waals surface area contributed by atoms with E-state index in [9.17, 15) is 4.39 Å². The molecular weight excluding hydrogens is 476 g/mol. The number of halogens is 2. The Labute approximate surface area is 182 Å². The molecule has 5 nitrogen and oxygen atoms in total. The topological polar surface area (TPSA) is 54.2 Å². The van der Waals surface area contributed by atoms with Gasteiger partial charge in [0.1, 0.15) is 5.82 Å². The molecule has 0 radical (unpaired) electrons. The zero-order valence-corrected chi connectivity index (χ0v) is 19.5. The van der Waals surface area contributed by atoms with Gasteiger partial charge in [-0.25, -0.2) is 9.38 Å². The van der Waals surface area contributed by atoms with Gasteiger partial charge in [0.25, 0.3) is 0 Å². The van der Waals surface area contributed by atoms with Crippen molar-refractivity contribution in [2.24, 2.45) is 12.0 Å². The molecule has 2 aromatic rings. The van der Waals surface area contributed by atoms with Crippen LogP contribution in [0.1, 0.15) is 30.3 Å². The quantitative estimate of drug-likeness (QED) is 0.187. The van der Waals surface area contributed by atoms with Gasteiger partial charge in [-0.05, 0) is 57.2 Å². The summed E-state index contributed by atoms with van der Waals surface area (Å²) in [4.78, 5) is 5.77. The van der Waals surface area contributed by atoms with Crippen LogP contribution in [0.15, 0.2) is 34.2 Å². The summed E-state index contributed by atoms with van der Waals surface area (Å²) in [5.41, 5.74) is 3.36. The number of nitrogens with one attached hydrogen (secondary N) is 2. The van der Waals surface area contributed by atoms with Gasteiger partial charge in [0, 0.05) is 36.3 Å². The predicted molar refractivity (Wildman–Crippen MR) is 123 cm³/mol. The average molecular weight is 505 g/mol. The molecule has 0 amide bonds. The number of guanidine groups is 1. The Morgan fingerprint density at radius 3 is 2.52 bits per heavy atom. The van der Waals surface area contributed by atoms with E-state index in [-0.39, 0.29) is 29.8 Å². The molecular formula is C19H29FIN5S. The number of thioether (sulfide) groups is 1. The van der Waals surface area contributed by atoms with Crippen LogP contribution >= 0.6 is 35.7 Å². The van der Waals surface area contributed by atoms with Gasteiger partial charge in [-0.2, -0.15) is 5.10 Å². The molecule has 150 valence electrons. The number of hydrogen-bond acceptors (Lipinski definition) is 3. The molecule has 0 aliphatic carbocycles. The first-order valence-electron chi connectivity index (χ1n) is 8.91. The summed E-state index contributed by atoms with van der Waals surface area (Å²) in [7, 11) is 1.96. The Hall–Kier alpha value is -1.29. The zero-order valence-electron chi connectivity index (χ0n) is 16.4. The first-order valence-corrected chi connectivity index (χ1v) is 9.89. The summed E-state index contributed by atoms with van der Waals surface area (Å²) >= 11 is 1.73. The maximum absolute atomic E-state index is 12.9. The van der Waals surface area contributed by atoms with E-state index in [2.05, 4.69) is 34.6 Å². The van der Waals surface area contributed by atoms with E-state index < -0.39 is 0 Å². The third kappa shape index (κ3) is 7.69. The molecule has 0 spiro atoms. The number of aryl methyl sites for hydroxylation is 2. The number of aromatic nitrogens is 2. The van der Waals surface area contributed by atoms with Crippen LogP contribution in [0.2, 0.25) is 0 Å². The van der Waals surface area contributed by atoms with Crippen LogP contribution in [-0.2, 0) is 13.6 Å². The Balaban J connectivity index is 0.00000364. The highest BCUT2D eigenvalue weighted by Gasteiger charge is 2.08. The molecule has 27 heavy (non-hydrogen) atoms. The third-order valence-corrected chi connectivity index (χ3v) is 5.19. The van der Waals surface area contributed by atoms with Crippen molar-refractivity contribution >= 4 is 41.7 Å². The molecule has 0 fully saturated rings. The number of nitrogens with zero attached hydrogens (tertiary/aromatic N) is 3. The predicted octanol–water partition coefficient (Wildman–Crippen LogP) is 4.03. The van der Waals surface area contributed by atoms with Crippen molar-refractivity contribution in [3.05, 3.63) is 47.0 Å². The highest BCUT2D eigenvalue weighted by molar-refractivity contribution is 14.0. The number of hydrogen-bond donors (Lipinski definition) is 2. The Morgan fingerprint density at radius 2 is 1.93 bits per heavy atom. The largest absolute Gasteiger partial charge is 0.357 e. The van der Waals surface area contributed by atoms with Crippen LogP contribution in [0.4, 0.5) is 4.39 Å². The normalized spacial score (nSPS) is 11.2. The minimum absolute atomic E-state index is 0. The Kier molecular flexibility index (Phi) is 10.8. The standard InChI is InChI=1S/C19H28FN5S.HI/c1-5-21-19(23-13-18-14(2)24-25(4)15(18)3)22-11-6-12-26-17-9-7-16(20)8-10-17;/h7-10H,5-6,11-13H2,1-4H3,(H2,21,22,23);1H. The molecule has 0 aliphatic rings. The molecule has 0 bridgehead atoms. The Morgan fingerprint density at radius 1 is 1.22 bits per heavy atom. The molecule has 0 saturated heterocycles. The van der Waals surface area contributed by atoms with Crippen molar-refractivity contribution < 1.29 is 4.39 Å². The Bertz CT molecular complexity index is 730. The highest BCUT2D eigenvalue weighted by atomic mass is 127. The fourth-order valence-electron chi connectivity index (χ4n) is 2.55. The molecule has 0 aliphatic heterocycles. The first kappa shape index (κ1) is 23.7. The maximum Gasteiger partial charge on any atom is 0.191 e. The lowest BCUT2D eigenvalue weighted by Gasteiger charge is -2.11. The van der Waals surface area contributed by atoms with Gasteiger partial charge in [0.15, 0.2) is 5.96 Å². The molecule has 2 N–H and O–H groups in total. The summed E-state index contributed by atoms with van der Waals surface area (Å²) in [5.74, 6) is 1.60. The molecule has 1 aromatic carbocycles. The number of rotatable bonds is 8. The SMILES string of the molecule is CCNC(=NCc1c(C)nn(C)c1C)NCCCSc1ccc(F)cc1.I. The van der Waals surface area contributed by atoms with Crippen molar-refractivity contribution in [1.29, 1.82) is 0 Å². The van der Waals surface area contributed by atoms with Gasteiger partial charge in [-0.1, -0.05) is 0 Å². The maximum atomic E-state index is 12.9. The molecule has 0 atom stereocenters. The average Bonchev–Trinajstić information content (AvgIpc) is 2.86. The van der Waals surface area contributed by atoms with Crippen LogP contribution in [0.5, 0.6) is 0 Å². The van der Waals surface area contributed by atoms with Crippen molar-refractivity contribution in [1.82, 2.24) is 20.4 Å². The van der Waals surface area contributed by atoms with Gasteiger partial charge < -0.3 is 10.6 Å². The fraction of sp³-hybridized carbons (Fsp3) is 0.474. The smallest absolute Gasteiger partial charge is 0.191 e. The number of aliphatic imine (C=N–C) groups is 1. The summed E-state index contributed by atoms with van der Waals surface area (Å²) in [6.45, 7) is 8.42. The number of benzene rings is 1. The lowest BCUT2D eigenvalue weighted by Crippen LogP contribution is -2.37. The van der Waals surface area contributed by atoms with Gasteiger partial charge in [0.05, 0.1) is 12.2 Å². The van der Waals surface area contributed by atoms with Crippen LogP contribution in [-0.4, -0.2) is 34.6 Å². The summed E-state index contributed by atoms with van der Waals surface area (Å²) < 4.78 is 14.8. The van der Waals surface area contributed by atoms with E-state index in [0.717, 1.165) is 47.5 Å². The van der Waals surface area contributed by atoms with Gasteiger partial charge in [-0.3, -0.25) is 4.68 Å². The van der Waals surface area contributed by atoms with Crippen molar-refractivity contribution in [2.75, 3.05) is 18.8 Å². The fourth-order valence-corrected chi connectivity index (χ4v) is 3.40. The molecule has 0 saturated carbocycles. The summed E-state index contributed by atoms with van der Waals surface area (Å²) in [6, 6.07) is 6.63. The van der Waals surface area contributed by atoms with Crippen molar-refractivity contribution in [3.63, 3.8) is 0 Å². The molecule has 0 unspecified atom stereocenters. The van der Waals surface area contributed by atoms with E-state index in [1.165, 1.54) is 17.7 Å². The van der Waals surface area contributed by atoms with E-state index >= 15 is 0 Å². The molecule has 8 heteroatoms. The second-order valence-corrected chi connectivity index (χ2v) is 7.22. The van der Waals surface area contributed by atoms with Crippen molar-refractivity contribution in [2.45, 2.75) is 38.6 Å². The molecule has 1 aromatic heterocycles. The zero-order chi connectivity index (χ0) is 18.9. The second kappa shape index (κ2) is 12.2. The lowest BCUT2D eigenvalue weighted by atomic mass is 10.2. The van der Waals surface area contributed by atoms with E-state index in [0.29, 0.717) is 6.54 Å². The van der Waals surface area contributed by atoms with Crippen molar-refractivity contribution in [3.8, 4) is 0 Å². The van der Waals surface area contributed by atoms with E-state index in [1.54, 1.807) is 11.8 Å². The van der Waals surface area contributed by atoms with Crippen LogP contribution in [0, 0.1) is 19.7 Å². The van der Waals surface area contributed by atoms with Gasteiger partial charge >= 0.3 is 0 Å². The summed E-state index contributed by atoms with van der Waals surface area (Å²) in [5, 5.41) is 11.1. The first-order chi connectivity index (χ1) is 12.5. The second-order valence-electron chi connectivity index (χ2n) is 6.05. The third-order valence-electron chi connectivity index (χ3n) is 4.09. The molecule has 1 heterocycles. The van der Waals surface area contributed by atoms with E-state index in [4.69, 9.17) is 0 Å².